The SMILES string of the molecule is Cc1ccccc1C(=O)N(C)CCCCNCC/C=C\C=C/N. The van der Waals surface area contributed by atoms with Crippen LogP contribution in [0.25, 0.3) is 0 Å². The van der Waals surface area contributed by atoms with Crippen molar-refractivity contribution in [3.05, 3.63) is 59.8 Å². The predicted octanol–water partition coefficient (Wildman–Crippen LogP) is 2.86. The minimum absolute atomic E-state index is 0.106. The Balaban J connectivity index is 2.14. The average molecular weight is 315 g/mol. The standard InChI is InChI=1S/C19H29N3O/c1-17-11-5-6-12-18(17)19(23)22(2)16-10-9-15-21-14-8-4-3-7-13-20/h3-7,11-13,21H,8-10,14-16,20H2,1-2H3/b4-3-,13-7-. The molecule has 1 rings (SSSR count). The van der Waals surface area contributed by atoms with Crippen LogP contribution in [0.3, 0.4) is 0 Å². The van der Waals surface area contributed by atoms with Crippen molar-refractivity contribution in [2.24, 2.45) is 5.73 Å². The summed E-state index contributed by atoms with van der Waals surface area (Å²) < 4.78 is 0. The fourth-order valence-corrected chi connectivity index (χ4v) is 2.27. The topological polar surface area (TPSA) is 58.4 Å². The molecule has 0 radical (unpaired) electrons. The summed E-state index contributed by atoms with van der Waals surface area (Å²) in [6.45, 7) is 4.71. The number of unbranched alkanes of at least 4 members (excludes halogenated alkanes) is 1. The highest BCUT2D eigenvalue weighted by Gasteiger charge is 2.12. The highest BCUT2D eigenvalue weighted by Crippen LogP contribution is 2.10. The van der Waals surface area contributed by atoms with Crippen LogP contribution < -0.4 is 11.1 Å². The van der Waals surface area contributed by atoms with E-state index in [2.05, 4.69) is 11.4 Å². The number of aryl methyl sites for hydroxylation is 1. The lowest BCUT2D eigenvalue weighted by Gasteiger charge is -2.18. The van der Waals surface area contributed by atoms with Gasteiger partial charge in [-0.25, -0.2) is 0 Å². The summed E-state index contributed by atoms with van der Waals surface area (Å²) in [5, 5.41) is 3.40. The van der Waals surface area contributed by atoms with Crippen molar-refractivity contribution in [3.8, 4) is 0 Å². The summed E-state index contributed by atoms with van der Waals surface area (Å²) in [4.78, 5) is 14.2. The number of carbonyl (C=O) groups is 1. The van der Waals surface area contributed by atoms with Crippen LogP contribution in [0.4, 0.5) is 0 Å². The van der Waals surface area contributed by atoms with Gasteiger partial charge in [-0.2, -0.15) is 0 Å². The Bertz CT molecular complexity index is 523. The van der Waals surface area contributed by atoms with Crippen molar-refractivity contribution in [2.45, 2.75) is 26.2 Å². The normalized spacial score (nSPS) is 11.4. The van der Waals surface area contributed by atoms with Crippen molar-refractivity contribution in [1.82, 2.24) is 10.2 Å². The molecule has 4 heteroatoms. The molecule has 23 heavy (non-hydrogen) atoms. The molecule has 0 heterocycles. The number of allylic oxidation sites excluding steroid dienone is 2. The third-order valence-electron chi connectivity index (χ3n) is 3.67. The molecule has 0 saturated heterocycles. The minimum atomic E-state index is 0.106. The van der Waals surface area contributed by atoms with Crippen LogP contribution in [-0.2, 0) is 0 Å². The first-order chi connectivity index (χ1) is 11.2. The maximum absolute atomic E-state index is 12.3. The zero-order valence-electron chi connectivity index (χ0n) is 14.3. The number of carbonyl (C=O) groups excluding carboxylic acids is 1. The van der Waals surface area contributed by atoms with Gasteiger partial charge in [0.25, 0.3) is 5.91 Å². The molecule has 1 aromatic carbocycles. The Morgan fingerprint density at radius 2 is 2.00 bits per heavy atom. The molecule has 0 aliphatic rings. The zero-order chi connectivity index (χ0) is 16.9. The molecule has 3 N–H and O–H groups in total. The van der Waals surface area contributed by atoms with Crippen LogP contribution in [0.1, 0.15) is 35.2 Å². The van der Waals surface area contributed by atoms with E-state index in [0.717, 1.165) is 50.0 Å². The smallest absolute Gasteiger partial charge is 0.253 e. The number of nitrogens with one attached hydrogen (secondary N) is 1. The molecular formula is C19H29N3O. The van der Waals surface area contributed by atoms with Gasteiger partial charge in [-0.05, 0) is 63.2 Å². The third-order valence-corrected chi connectivity index (χ3v) is 3.67. The molecule has 126 valence electrons. The van der Waals surface area contributed by atoms with E-state index in [0.29, 0.717) is 0 Å². The first kappa shape index (κ1) is 19.0. The third kappa shape index (κ3) is 7.66. The molecule has 1 amide bonds. The summed E-state index contributed by atoms with van der Waals surface area (Å²) >= 11 is 0. The molecule has 4 nitrogen and oxygen atoms in total. The lowest BCUT2D eigenvalue weighted by atomic mass is 10.1. The van der Waals surface area contributed by atoms with E-state index in [9.17, 15) is 4.79 Å². The van der Waals surface area contributed by atoms with Crippen LogP contribution >= 0.6 is 0 Å². The molecule has 0 spiro atoms. The fraction of sp³-hybridized carbons (Fsp3) is 0.421. The van der Waals surface area contributed by atoms with Crippen molar-refractivity contribution < 1.29 is 4.79 Å². The molecule has 0 unspecified atom stereocenters. The van der Waals surface area contributed by atoms with Gasteiger partial charge in [0.1, 0.15) is 0 Å². The van der Waals surface area contributed by atoms with Crippen LogP contribution in [0, 0.1) is 6.92 Å². The summed E-state index contributed by atoms with van der Waals surface area (Å²) in [6, 6.07) is 7.74. The summed E-state index contributed by atoms with van der Waals surface area (Å²) in [6.07, 6.45) is 10.5. The van der Waals surface area contributed by atoms with Crippen molar-refractivity contribution in [3.63, 3.8) is 0 Å². The van der Waals surface area contributed by atoms with E-state index < -0.39 is 0 Å². The molecule has 0 aliphatic carbocycles. The number of hydrogen-bond acceptors (Lipinski definition) is 3. The highest BCUT2D eigenvalue weighted by atomic mass is 16.2. The number of rotatable bonds is 10. The second kappa shape index (κ2) is 11.5. The van der Waals surface area contributed by atoms with E-state index in [4.69, 9.17) is 5.73 Å². The zero-order valence-corrected chi connectivity index (χ0v) is 14.3. The van der Waals surface area contributed by atoms with E-state index in [1.165, 1.54) is 6.20 Å². The van der Waals surface area contributed by atoms with Gasteiger partial charge in [-0.15, -0.1) is 0 Å². The highest BCUT2D eigenvalue weighted by molar-refractivity contribution is 5.95. The average Bonchev–Trinajstić information content (AvgIpc) is 2.56. The summed E-state index contributed by atoms with van der Waals surface area (Å²) in [5.74, 6) is 0.106. The van der Waals surface area contributed by atoms with Gasteiger partial charge < -0.3 is 16.0 Å². The predicted molar refractivity (Wildman–Crippen MR) is 97.3 cm³/mol. The van der Waals surface area contributed by atoms with Crippen LogP contribution in [0.5, 0.6) is 0 Å². The Morgan fingerprint density at radius 1 is 1.22 bits per heavy atom. The Kier molecular flexibility index (Phi) is 9.48. The minimum Gasteiger partial charge on any atom is -0.405 e. The van der Waals surface area contributed by atoms with Gasteiger partial charge >= 0.3 is 0 Å². The second-order valence-corrected chi connectivity index (χ2v) is 5.60. The first-order valence-corrected chi connectivity index (χ1v) is 8.22. The van der Waals surface area contributed by atoms with Gasteiger partial charge in [0, 0.05) is 19.2 Å². The molecule has 0 fully saturated rings. The summed E-state index contributed by atoms with van der Waals surface area (Å²) in [7, 11) is 1.87. The van der Waals surface area contributed by atoms with Gasteiger partial charge in [0.15, 0.2) is 0 Å². The number of benzene rings is 1. The maximum Gasteiger partial charge on any atom is 0.253 e. The second-order valence-electron chi connectivity index (χ2n) is 5.60. The quantitative estimate of drug-likeness (QED) is 0.515. The number of nitrogens with two attached hydrogens (primary N) is 1. The lowest BCUT2D eigenvalue weighted by Crippen LogP contribution is -2.29. The van der Waals surface area contributed by atoms with Gasteiger partial charge in [0.05, 0.1) is 0 Å². The number of nitrogens with zero attached hydrogens (tertiary/aromatic N) is 1. The Morgan fingerprint density at radius 3 is 2.74 bits per heavy atom. The Labute approximate surface area is 140 Å². The van der Waals surface area contributed by atoms with Crippen molar-refractivity contribution in [1.29, 1.82) is 0 Å². The molecule has 0 aliphatic heterocycles. The summed E-state index contributed by atoms with van der Waals surface area (Å²) in [5.41, 5.74) is 7.07. The lowest BCUT2D eigenvalue weighted by molar-refractivity contribution is 0.0792. The largest absolute Gasteiger partial charge is 0.405 e. The van der Waals surface area contributed by atoms with E-state index in [1.807, 2.05) is 55.3 Å². The van der Waals surface area contributed by atoms with Crippen LogP contribution in [0.15, 0.2) is 48.7 Å². The monoisotopic (exact) mass is 315 g/mol. The maximum atomic E-state index is 12.3. The van der Waals surface area contributed by atoms with Crippen molar-refractivity contribution in [2.75, 3.05) is 26.7 Å². The molecule has 0 saturated carbocycles. The fourth-order valence-electron chi connectivity index (χ4n) is 2.27. The number of amides is 1. The molecular weight excluding hydrogens is 286 g/mol. The molecule has 0 bridgehead atoms. The number of hydrogen-bond donors (Lipinski definition) is 2. The van der Waals surface area contributed by atoms with Crippen LogP contribution in [0.2, 0.25) is 0 Å². The van der Waals surface area contributed by atoms with E-state index in [1.54, 1.807) is 0 Å². The molecule has 1 aromatic rings. The Hall–Kier alpha value is -2.07. The van der Waals surface area contributed by atoms with Gasteiger partial charge in [0.2, 0.25) is 0 Å². The van der Waals surface area contributed by atoms with E-state index in [-0.39, 0.29) is 5.91 Å². The van der Waals surface area contributed by atoms with Gasteiger partial charge in [-0.3, -0.25) is 4.79 Å². The van der Waals surface area contributed by atoms with Gasteiger partial charge in [-0.1, -0.05) is 30.4 Å². The molecule has 0 atom stereocenters. The van der Waals surface area contributed by atoms with Crippen molar-refractivity contribution >= 4 is 5.91 Å². The first-order valence-electron chi connectivity index (χ1n) is 8.22. The van der Waals surface area contributed by atoms with Crippen LogP contribution in [-0.4, -0.2) is 37.5 Å². The van der Waals surface area contributed by atoms with E-state index >= 15 is 0 Å². The molecule has 0 aromatic heterocycles.